The Morgan fingerprint density at radius 1 is 0.895 bits per heavy atom. The van der Waals surface area contributed by atoms with Gasteiger partial charge in [-0.2, -0.15) is 0 Å². The highest BCUT2D eigenvalue weighted by Gasteiger charge is 2.21. The minimum absolute atomic E-state index is 0.0948. The van der Waals surface area contributed by atoms with Crippen LogP contribution in [0.4, 0.5) is 0 Å². The number of rotatable bonds is 0. The second-order valence-electron chi connectivity index (χ2n) is 4.31. The zero-order valence-corrected chi connectivity index (χ0v) is 10.2. The lowest BCUT2D eigenvalue weighted by Gasteiger charge is -1.97. The molecule has 2 nitrogen and oxygen atoms in total. The second-order valence-corrected chi connectivity index (χ2v) is 4.31. The predicted octanol–water partition coefficient (Wildman–Crippen LogP) is 2.80. The van der Waals surface area contributed by atoms with Gasteiger partial charge in [0.15, 0.2) is 0 Å². The number of fused-ring (bicyclic) bond motifs is 1. The minimum Gasteiger partial charge on any atom is -0.322 e. The van der Waals surface area contributed by atoms with Gasteiger partial charge in [-0.15, -0.1) is 0 Å². The lowest BCUT2D eigenvalue weighted by Crippen LogP contribution is -2.11. The molecule has 2 heteroatoms. The molecular formula is C17H11NO. The number of carbonyl (C=O) groups excluding carboxylic acids is 1. The Bertz CT molecular complexity index is 733. The van der Waals surface area contributed by atoms with Crippen LogP contribution in [0, 0.1) is 11.8 Å². The highest BCUT2D eigenvalue weighted by Crippen LogP contribution is 2.23. The van der Waals surface area contributed by atoms with Crippen LogP contribution in [0.3, 0.4) is 0 Å². The molecule has 0 radical (unpaired) electrons. The van der Waals surface area contributed by atoms with E-state index in [4.69, 9.17) is 0 Å². The van der Waals surface area contributed by atoms with Crippen molar-refractivity contribution in [2.45, 2.75) is 0 Å². The van der Waals surface area contributed by atoms with E-state index in [0.29, 0.717) is 11.3 Å². The monoisotopic (exact) mass is 245 g/mol. The largest absolute Gasteiger partial charge is 0.322 e. The summed E-state index contributed by atoms with van der Waals surface area (Å²) in [4.78, 5) is 11.6. The second kappa shape index (κ2) is 4.47. The molecule has 19 heavy (non-hydrogen) atoms. The first-order valence-corrected chi connectivity index (χ1v) is 5.96. The zero-order chi connectivity index (χ0) is 13.2. The van der Waals surface area contributed by atoms with Crippen molar-refractivity contribution in [3.63, 3.8) is 0 Å². The molecule has 0 fully saturated rings. The van der Waals surface area contributed by atoms with E-state index in [9.17, 15) is 4.79 Å². The van der Waals surface area contributed by atoms with Gasteiger partial charge in [0.1, 0.15) is 0 Å². The zero-order valence-electron chi connectivity index (χ0n) is 10.2. The van der Waals surface area contributed by atoms with Gasteiger partial charge in [-0.05, 0) is 30.3 Å². The molecule has 1 heterocycles. The van der Waals surface area contributed by atoms with Crippen molar-refractivity contribution in [3.8, 4) is 11.8 Å². The predicted molar refractivity (Wildman–Crippen MR) is 75.4 cm³/mol. The molecule has 0 spiro atoms. The molecule has 3 rings (SSSR count). The Balaban J connectivity index is 1.97. The molecule has 2 aromatic rings. The first kappa shape index (κ1) is 11.3. The minimum atomic E-state index is -0.0948. The lowest BCUT2D eigenvalue weighted by molar-refractivity contribution is 0.0981. The number of hydrogen-bond donors (Lipinski definition) is 1. The molecule has 0 saturated carbocycles. The SMILES string of the molecule is C=C1NC(=O)c2ccc(C#Cc3ccccc3)cc21. The van der Waals surface area contributed by atoms with Gasteiger partial charge in [-0.25, -0.2) is 0 Å². The molecule has 1 N–H and O–H groups in total. The Kier molecular flexibility index (Phi) is 2.66. The van der Waals surface area contributed by atoms with Gasteiger partial charge in [0, 0.05) is 28.0 Å². The van der Waals surface area contributed by atoms with Crippen LogP contribution in [-0.4, -0.2) is 5.91 Å². The Morgan fingerprint density at radius 2 is 1.63 bits per heavy atom. The van der Waals surface area contributed by atoms with Crippen LogP contribution < -0.4 is 5.32 Å². The van der Waals surface area contributed by atoms with E-state index < -0.39 is 0 Å². The molecule has 0 aliphatic carbocycles. The van der Waals surface area contributed by atoms with Crippen LogP contribution in [0.15, 0.2) is 55.1 Å². The van der Waals surface area contributed by atoms with E-state index in [0.717, 1.165) is 16.7 Å². The summed E-state index contributed by atoms with van der Waals surface area (Å²) in [5.74, 6) is 6.09. The molecular weight excluding hydrogens is 234 g/mol. The van der Waals surface area contributed by atoms with Crippen molar-refractivity contribution >= 4 is 11.6 Å². The molecule has 0 bridgehead atoms. The van der Waals surface area contributed by atoms with E-state index in [1.165, 1.54) is 0 Å². The first-order chi connectivity index (χ1) is 9.24. The van der Waals surface area contributed by atoms with Gasteiger partial charge in [0.2, 0.25) is 0 Å². The van der Waals surface area contributed by atoms with Crippen molar-refractivity contribution in [1.82, 2.24) is 5.32 Å². The third-order valence-corrected chi connectivity index (χ3v) is 2.98. The fourth-order valence-corrected chi connectivity index (χ4v) is 2.01. The summed E-state index contributed by atoms with van der Waals surface area (Å²) in [7, 11) is 0. The molecule has 1 aliphatic rings. The highest BCUT2D eigenvalue weighted by molar-refractivity contribution is 6.08. The Morgan fingerprint density at radius 3 is 2.42 bits per heavy atom. The van der Waals surface area contributed by atoms with Gasteiger partial charge in [-0.3, -0.25) is 4.79 Å². The average Bonchev–Trinajstić information content (AvgIpc) is 2.73. The smallest absolute Gasteiger partial charge is 0.256 e. The summed E-state index contributed by atoms with van der Waals surface area (Å²) in [6, 6.07) is 15.3. The normalized spacial score (nSPS) is 12.4. The van der Waals surface area contributed by atoms with E-state index in [1.54, 1.807) is 6.07 Å². The molecule has 1 amide bonds. The summed E-state index contributed by atoms with van der Waals surface area (Å²) in [6.45, 7) is 3.83. The van der Waals surface area contributed by atoms with E-state index in [2.05, 4.69) is 23.7 Å². The van der Waals surface area contributed by atoms with E-state index >= 15 is 0 Å². The summed E-state index contributed by atoms with van der Waals surface area (Å²) >= 11 is 0. The van der Waals surface area contributed by atoms with Crippen molar-refractivity contribution in [3.05, 3.63) is 77.4 Å². The van der Waals surface area contributed by atoms with Crippen LogP contribution in [-0.2, 0) is 0 Å². The fourth-order valence-electron chi connectivity index (χ4n) is 2.01. The van der Waals surface area contributed by atoms with Crippen molar-refractivity contribution in [2.24, 2.45) is 0 Å². The summed E-state index contributed by atoms with van der Waals surface area (Å²) < 4.78 is 0. The molecule has 0 unspecified atom stereocenters. The van der Waals surface area contributed by atoms with Crippen LogP contribution in [0.1, 0.15) is 27.0 Å². The number of benzene rings is 2. The lowest BCUT2D eigenvalue weighted by atomic mass is 10.0. The maximum atomic E-state index is 11.6. The van der Waals surface area contributed by atoms with Gasteiger partial charge < -0.3 is 5.32 Å². The number of amides is 1. The molecule has 1 aliphatic heterocycles. The standard InChI is InChI=1S/C17H11NO/c1-12-16-11-14(9-10-15(16)17(19)18-12)8-7-13-5-3-2-4-6-13/h2-6,9-11H,1H2,(H,18,19). The van der Waals surface area contributed by atoms with Gasteiger partial charge in [0.05, 0.1) is 0 Å². The maximum absolute atomic E-state index is 11.6. The van der Waals surface area contributed by atoms with Crippen molar-refractivity contribution in [2.75, 3.05) is 0 Å². The van der Waals surface area contributed by atoms with E-state index in [-0.39, 0.29) is 5.91 Å². The maximum Gasteiger partial charge on any atom is 0.256 e. The quantitative estimate of drug-likeness (QED) is 0.710. The summed E-state index contributed by atoms with van der Waals surface area (Å²) in [5, 5.41) is 2.70. The molecule has 0 saturated heterocycles. The summed E-state index contributed by atoms with van der Waals surface area (Å²) in [6.07, 6.45) is 0. The molecule has 2 aromatic carbocycles. The number of nitrogens with one attached hydrogen (secondary N) is 1. The van der Waals surface area contributed by atoms with Crippen LogP contribution in [0.5, 0.6) is 0 Å². The number of hydrogen-bond acceptors (Lipinski definition) is 1. The third kappa shape index (κ3) is 2.14. The van der Waals surface area contributed by atoms with Crippen LogP contribution >= 0.6 is 0 Å². The van der Waals surface area contributed by atoms with Crippen LogP contribution in [0.25, 0.3) is 5.70 Å². The summed E-state index contributed by atoms with van der Waals surface area (Å²) in [5.41, 5.74) is 3.99. The average molecular weight is 245 g/mol. The van der Waals surface area contributed by atoms with Crippen LogP contribution in [0.2, 0.25) is 0 Å². The highest BCUT2D eigenvalue weighted by atomic mass is 16.1. The Hall–Kier alpha value is -2.79. The Labute approximate surface area is 111 Å². The van der Waals surface area contributed by atoms with Gasteiger partial charge >= 0.3 is 0 Å². The van der Waals surface area contributed by atoms with Crippen molar-refractivity contribution < 1.29 is 4.79 Å². The molecule has 0 aromatic heterocycles. The third-order valence-electron chi connectivity index (χ3n) is 2.98. The molecule has 90 valence electrons. The topological polar surface area (TPSA) is 29.1 Å². The number of carbonyl (C=O) groups is 1. The van der Waals surface area contributed by atoms with Gasteiger partial charge in [0.25, 0.3) is 5.91 Å². The van der Waals surface area contributed by atoms with Gasteiger partial charge in [-0.1, -0.05) is 36.6 Å². The first-order valence-electron chi connectivity index (χ1n) is 5.96. The van der Waals surface area contributed by atoms with Crippen molar-refractivity contribution in [1.29, 1.82) is 0 Å². The fraction of sp³-hybridized carbons (Fsp3) is 0. The molecule has 0 atom stereocenters. The van der Waals surface area contributed by atoms with E-state index in [1.807, 2.05) is 42.5 Å².